The van der Waals surface area contributed by atoms with Crippen LogP contribution in [0.1, 0.15) is 16.7 Å². The van der Waals surface area contributed by atoms with E-state index in [0.717, 1.165) is 11.1 Å². The molecule has 0 unspecified atom stereocenters. The number of nitro benzene ring substituents is 1. The minimum absolute atomic E-state index is 0.0205. The van der Waals surface area contributed by atoms with E-state index in [2.05, 4.69) is 15.6 Å². The molecular weight excluding hydrogens is 488 g/mol. The van der Waals surface area contributed by atoms with Gasteiger partial charge in [0.15, 0.2) is 10.7 Å². The van der Waals surface area contributed by atoms with Gasteiger partial charge in [0.05, 0.1) is 4.92 Å². The van der Waals surface area contributed by atoms with Gasteiger partial charge in [0.25, 0.3) is 5.69 Å². The number of halogens is 1. The Balaban J connectivity index is 1.41. The summed E-state index contributed by atoms with van der Waals surface area (Å²) in [6, 6.07) is 15.6. The Morgan fingerprint density at radius 2 is 1.91 bits per heavy atom. The van der Waals surface area contributed by atoms with Crippen LogP contribution < -0.4 is 10.6 Å². The topological polar surface area (TPSA) is 110 Å². The highest BCUT2D eigenvalue weighted by Gasteiger charge is 2.13. The number of benzene rings is 3. The lowest BCUT2D eigenvalue weighted by atomic mass is 10.1. The van der Waals surface area contributed by atoms with Crippen LogP contribution in [0.3, 0.4) is 0 Å². The fourth-order valence-electron chi connectivity index (χ4n) is 3.26. The number of fused-ring (bicyclic) bond motifs is 1. The van der Waals surface area contributed by atoms with Crippen molar-refractivity contribution in [3.05, 3.63) is 92.5 Å². The zero-order valence-corrected chi connectivity index (χ0v) is 20.2. The predicted molar refractivity (Wildman–Crippen MR) is 140 cm³/mol. The molecule has 2 N–H and O–H groups in total. The van der Waals surface area contributed by atoms with Crippen molar-refractivity contribution in [1.82, 2.24) is 10.3 Å². The average molecular weight is 507 g/mol. The van der Waals surface area contributed by atoms with Crippen LogP contribution in [-0.2, 0) is 4.79 Å². The number of nitrogens with zero attached hydrogens (tertiary/aromatic N) is 2. The molecule has 0 radical (unpaired) electrons. The van der Waals surface area contributed by atoms with E-state index in [4.69, 9.17) is 28.2 Å². The van der Waals surface area contributed by atoms with Gasteiger partial charge in [-0.05, 0) is 85.2 Å². The fourth-order valence-corrected chi connectivity index (χ4v) is 3.67. The molecule has 176 valence electrons. The second-order valence-electron chi connectivity index (χ2n) is 7.75. The van der Waals surface area contributed by atoms with E-state index in [9.17, 15) is 14.9 Å². The number of hydrogen-bond acceptors (Lipinski definition) is 6. The highest BCUT2D eigenvalue weighted by Crippen LogP contribution is 2.28. The normalized spacial score (nSPS) is 11.1. The van der Waals surface area contributed by atoms with Crippen molar-refractivity contribution in [2.24, 2.45) is 0 Å². The van der Waals surface area contributed by atoms with Crippen molar-refractivity contribution in [1.29, 1.82) is 0 Å². The van der Waals surface area contributed by atoms with Crippen molar-refractivity contribution in [2.45, 2.75) is 13.8 Å². The lowest BCUT2D eigenvalue weighted by Gasteiger charge is -2.07. The molecule has 0 saturated heterocycles. The lowest BCUT2D eigenvalue weighted by Crippen LogP contribution is -2.32. The monoisotopic (exact) mass is 506 g/mol. The molecule has 0 bridgehead atoms. The summed E-state index contributed by atoms with van der Waals surface area (Å²) < 4.78 is 5.88. The summed E-state index contributed by atoms with van der Waals surface area (Å²) in [5.41, 5.74) is 5.33. The largest absolute Gasteiger partial charge is 0.436 e. The molecule has 1 heterocycles. The maximum atomic E-state index is 12.2. The molecule has 0 spiro atoms. The number of aryl methyl sites for hydroxylation is 2. The molecule has 3 aromatic carbocycles. The Hall–Kier alpha value is -4.08. The van der Waals surface area contributed by atoms with Crippen molar-refractivity contribution < 1.29 is 14.1 Å². The molecule has 35 heavy (non-hydrogen) atoms. The highest BCUT2D eigenvalue weighted by atomic mass is 35.5. The Labute approximate surface area is 210 Å². The molecule has 0 aliphatic rings. The number of nitrogens with one attached hydrogen (secondary N) is 2. The van der Waals surface area contributed by atoms with Crippen LogP contribution in [0.5, 0.6) is 0 Å². The molecule has 0 saturated carbocycles. The van der Waals surface area contributed by atoms with E-state index in [0.29, 0.717) is 28.2 Å². The molecule has 4 rings (SSSR count). The van der Waals surface area contributed by atoms with Crippen LogP contribution in [0.15, 0.2) is 65.1 Å². The zero-order chi connectivity index (χ0) is 25.1. The summed E-state index contributed by atoms with van der Waals surface area (Å²) in [5, 5.41) is 16.6. The quantitative estimate of drug-likeness (QED) is 0.143. The number of anilines is 1. The second-order valence-corrected chi connectivity index (χ2v) is 8.56. The predicted octanol–water partition coefficient (Wildman–Crippen LogP) is 6.20. The molecule has 1 aromatic heterocycles. The first-order valence-electron chi connectivity index (χ1n) is 10.4. The Kier molecular flexibility index (Phi) is 6.90. The molecule has 0 fully saturated rings. The van der Waals surface area contributed by atoms with Gasteiger partial charge in [-0.3, -0.25) is 20.2 Å². The number of carbonyl (C=O) groups excluding carboxylic acids is 1. The SMILES string of the molecule is Cc1ccc(-c2nc3cc(NC(=S)NC(=O)/C=C/c4ccc(Cl)c([N+](=O)[O-])c4)ccc3o2)cc1C. The van der Waals surface area contributed by atoms with E-state index >= 15 is 0 Å². The van der Waals surface area contributed by atoms with Gasteiger partial charge in [-0.1, -0.05) is 23.7 Å². The van der Waals surface area contributed by atoms with Gasteiger partial charge in [-0.2, -0.15) is 0 Å². The minimum atomic E-state index is -0.588. The van der Waals surface area contributed by atoms with Crippen molar-refractivity contribution >= 4 is 63.4 Å². The van der Waals surface area contributed by atoms with Gasteiger partial charge in [0, 0.05) is 23.4 Å². The molecule has 4 aromatic rings. The van der Waals surface area contributed by atoms with E-state index in [-0.39, 0.29) is 15.8 Å². The maximum Gasteiger partial charge on any atom is 0.288 e. The van der Waals surface area contributed by atoms with Gasteiger partial charge in [-0.25, -0.2) is 4.98 Å². The molecule has 1 amide bonds. The number of rotatable bonds is 5. The number of oxazole rings is 1. The summed E-state index contributed by atoms with van der Waals surface area (Å²) in [4.78, 5) is 27.2. The third kappa shape index (κ3) is 5.71. The van der Waals surface area contributed by atoms with Crippen LogP contribution in [0.2, 0.25) is 5.02 Å². The maximum absolute atomic E-state index is 12.2. The Bertz CT molecular complexity index is 1510. The summed E-state index contributed by atoms with van der Waals surface area (Å²) >= 11 is 11.0. The Morgan fingerprint density at radius 1 is 1.11 bits per heavy atom. The average Bonchev–Trinajstić information content (AvgIpc) is 3.23. The van der Waals surface area contributed by atoms with Gasteiger partial charge in [0.2, 0.25) is 11.8 Å². The van der Waals surface area contributed by atoms with Crippen LogP contribution in [0.25, 0.3) is 28.6 Å². The standard InChI is InChI=1S/C25H19ClN4O4S/c1-14-3-6-17(11-15(14)2)24-28-20-13-18(7-9-22(20)34-24)27-25(35)29-23(31)10-5-16-4-8-19(26)21(12-16)30(32)33/h3-13H,1-2H3,(H2,27,29,31,35)/b10-5+. The van der Waals surface area contributed by atoms with E-state index < -0.39 is 10.8 Å². The third-order valence-electron chi connectivity index (χ3n) is 5.23. The number of carbonyl (C=O) groups is 1. The number of thiocarbonyl (C=S) groups is 1. The number of amides is 1. The van der Waals surface area contributed by atoms with Crippen molar-refractivity contribution in [3.63, 3.8) is 0 Å². The summed E-state index contributed by atoms with van der Waals surface area (Å²) in [7, 11) is 0. The number of hydrogen-bond donors (Lipinski definition) is 2. The van der Waals surface area contributed by atoms with Crippen molar-refractivity contribution in [3.8, 4) is 11.5 Å². The van der Waals surface area contributed by atoms with E-state index in [1.807, 2.05) is 32.0 Å². The van der Waals surface area contributed by atoms with Crippen LogP contribution in [0.4, 0.5) is 11.4 Å². The highest BCUT2D eigenvalue weighted by molar-refractivity contribution is 7.80. The zero-order valence-electron chi connectivity index (χ0n) is 18.7. The van der Waals surface area contributed by atoms with E-state index in [1.165, 1.54) is 29.8 Å². The molecule has 0 atom stereocenters. The van der Waals surface area contributed by atoms with Crippen LogP contribution in [-0.4, -0.2) is 20.9 Å². The third-order valence-corrected chi connectivity index (χ3v) is 5.75. The smallest absolute Gasteiger partial charge is 0.288 e. The van der Waals surface area contributed by atoms with Gasteiger partial charge >= 0.3 is 0 Å². The van der Waals surface area contributed by atoms with Crippen LogP contribution >= 0.6 is 23.8 Å². The first-order valence-corrected chi connectivity index (χ1v) is 11.2. The molecule has 10 heteroatoms. The van der Waals surface area contributed by atoms with E-state index in [1.54, 1.807) is 24.3 Å². The lowest BCUT2D eigenvalue weighted by molar-refractivity contribution is -0.384. The first-order chi connectivity index (χ1) is 16.7. The number of aromatic nitrogens is 1. The van der Waals surface area contributed by atoms with Crippen molar-refractivity contribution in [2.75, 3.05) is 5.32 Å². The molecular formula is C25H19ClN4O4S. The summed E-state index contributed by atoms with van der Waals surface area (Å²) in [5.74, 6) is 0.0170. The van der Waals surface area contributed by atoms with Gasteiger partial charge in [0.1, 0.15) is 10.5 Å². The Morgan fingerprint density at radius 3 is 2.66 bits per heavy atom. The summed E-state index contributed by atoms with van der Waals surface area (Å²) in [6.45, 7) is 4.08. The van der Waals surface area contributed by atoms with Gasteiger partial charge in [-0.15, -0.1) is 0 Å². The molecule has 0 aliphatic heterocycles. The molecule has 0 aliphatic carbocycles. The van der Waals surface area contributed by atoms with Gasteiger partial charge < -0.3 is 9.73 Å². The fraction of sp³-hybridized carbons (Fsp3) is 0.0800. The minimum Gasteiger partial charge on any atom is -0.436 e. The second kappa shape index (κ2) is 10.0. The number of nitro groups is 1. The summed E-state index contributed by atoms with van der Waals surface area (Å²) in [6.07, 6.45) is 2.65. The first kappa shape index (κ1) is 24.1. The van der Waals surface area contributed by atoms with Crippen LogP contribution in [0, 0.1) is 24.0 Å². The molecule has 8 nitrogen and oxygen atoms in total.